The van der Waals surface area contributed by atoms with Gasteiger partial charge in [-0.05, 0) is 24.7 Å². The molecule has 0 atom stereocenters. The van der Waals surface area contributed by atoms with Crippen molar-refractivity contribution in [1.29, 1.82) is 0 Å². The van der Waals surface area contributed by atoms with E-state index in [9.17, 15) is 8.42 Å². The van der Waals surface area contributed by atoms with Crippen molar-refractivity contribution in [2.75, 3.05) is 11.8 Å². The molecule has 0 aliphatic rings. The second-order valence-electron chi connectivity index (χ2n) is 3.77. The smallest absolute Gasteiger partial charge is 0.265 e. The highest BCUT2D eigenvalue weighted by atomic mass is 32.2. The standard InChI is InChI=1S/C11H14N4O2S/c1-12-6-9-2-4-10(5-3-9)15-18(16,17)11-7-13-14-8-11/h2-5,7-8,12,15H,6H2,1H3,(H,13,14). The summed E-state index contributed by atoms with van der Waals surface area (Å²) in [7, 11) is -1.70. The molecule has 0 fully saturated rings. The molecule has 3 N–H and O–H groups in total. The maximum absolute atomic E-state index is 11.9. The van der Waals surface area contributed by atoms with Crippen LogP contribution in [0.2, 0.25) is 0 Å². The summed E-state index contributed by atoms with van der Waals surface area (Å²) in [5.41, 5.74) is 1.61. The van der Waals surface area contributed by atoms with Crippen molar-refractivity contribution in [3.63, 3.8) is 0 Å². The van der Waals surface area contributed by atoms with Gasteiger partial charge in [-0.25, -0.2) is 8.42 Å². The largest absolute Gasteiger partial charge is 0.316 e. The third kappa shape index (κ3) is 2.88. The highest BCUT2D eigenvalue weighted by Crippen LogP contribution is 2.15. The maximum atomic E-state index is 11.9. The zero-order chi connectivity index (χ0) is 13.0. The van der Waals surface area contributed by atoms with E-state index in [1.165, 1.54) is 12.4 Å². The van der Waals surface area contributed by atoms with Gasteiger partial charge in [0.1, 0.15) is 4.90 Å². The molecule has 1 aromatic carbocycles. The Hall–Kier alpha value is -1.86. The summed E-state index contributed by atoms with van der Waals surface area (Å²) in [4.78, 5) is 0.113. The van der Waals surface area contributed by atoms with Crippen LogP contribution in [0.3, 0.4) is 0 Å². The number of hydrogen-bond donors (Lipinski definition) is 3. The fourth-order valence-electron chi connectivity index (χ4n) is 1.49. The maximum Gasteiger partial charge on any atom is 0.265 e. The van der Waals surface area contributed by atoms with E-state index in [1.807, 2.05) is 19.2 Å². The van der Waals surface area contributed by atoms with Crippen LogP contribution >= 0.6 is 0 Å². The van der Waals surface area contributed by atoms with E-state index in [1.54, 1.807) is 12.1 Å². The van der Waals surface area contributed by atoms with E-state index >= 15 is 0 Å². The van der Waals surface area contributed by atoms with Crippen LogP contribution in [0.25, 0.3) is 0 Å². The molecule has 6 nitrogen and oxygen atoms in total. The predicted octanol–water partition coefficient (Wildman–Crippen LogP) is 0.930. The van der Waals surface area contributed by atoms with Crippen molar-refractivity contribution in [2.24, 2.45) is 0 Å². The molecular formula is C11H14N4O2S. The number of anilines is 1. The molecule has 0 aliphatic carbocycles. The highest BCUT2D eigenvalue weighted by molar-refractivity contribution is 7.92. The molecule has 0 saturated carbocycles. The molecule has 1 heterocycles. The van der Waals surface area contributed by atoms with Crippen LogP contribution in [0.4, 0.5) is 5.69 Å². The van der Waals surface area contributed by atoms with E-state index in [-0.39, 0.29) is 4.90 Å². The van der Waals surface area contributed by atoms with Crippen LogP contribution in [0, 0.1) is 0 Å². The zero-order valence-corrected chi connectivity index (χ0v) is 10.7. The Morgan fingerprint density at radius 2 is 2.00 bits per heavy atom. The lowest BCUT2D eigenvalue weighted by molar-refractivity contribution is 0.601. The van der Waals surface area contributed by atoms with Crippen LogP contribution in [0.5, 0.6) is 0 Å². The average molecular weight is 266 g/mol. The molecule has 0 unspecified atom stereocenters. The van der Waals surface area contributed by atoms with Crippen LogP contribution < -0.4 is 10.0 Å². The molecule has 2 aromatic rings. The molecular weight excluding hydrogens is 252 g/mol. The topological polar surface area (TPSA) is 86.9 Å². The molecule has 0 spiro atoms. The van der Waals surface area contributed by atoms with Gasteiger partial charge in [0.15, 0.2) is 0 Å². The number of sulfonamides is 1. The summed E-state index contributed by atoms with van der Waals surface area (Å²) in [5.74, 6) is 0. The molecule has 0 amide bonds. The molecule has 2 rings (SSSR count). The molecule has 0 radical (unpaired) electrons. The second-order valence-corrected chi connectivity index (χ2v) is 5.45. The Kier molecular flexibility index (Phi) is 3.63. The normalized spacial score (nSPS) is 11.4. The van der Waals surface area contributed by atoms with Crippen molar-refractivity contribution in [3.05, 3.63) is 42.2 Å². The van der Waals surface area contributed by atoms with Gasteiger partial charge < -0.3 is 5.32 Å². The first kappa shape index (κ1) is 12.6. The highest BCUT2D eigenvalue weighted by Gasteiger charge is 2.14. The van der Waals surface area contributed by atoms with E-state index in [2.05, 4.69) is 20.2 Å². The minimum absolute atomic E-state index is 0.113. The third-order valence-electron chi connectivity index (χ3n) is 2.37. The number of H-pyrrole nitrogens is 1. The number of nitrogens with zero attached hydrogens (tertiary/aromatic N) is 1. The van der Waals surface area contributed by atoms with Gasteiger partial charge in [-0.3, -0.25) is 9.82 Å². The first-order chi connectivity index (χ1) is 8.62. The monoisotopic (exact) mass is 266 g/mol. The summed E-state index contributed by atoms with van der Waals surface area (Å²) in [6.45, 7) is 0.745. The Bertz CT molecular complexity index is 590. The van der Waals surface area contributed by atoms with Crippen molar-refractivity contribution in [2.45, 2.75) is 11.4 Å². The number of rotatable bonds is 5. The third-order valence-corrected chi connectivity index (χ3v) is 3.72. The SMILES string of the molecule is CNCc1ccc(NS(=O)(=O)c2cn[nH]c2)cc1. The lowest BCUT2D eigenvalue weighted by atomic mass is 10.2. The van der Waals surface area contributed by atoms with Crippen molar-refractivity contribution in [1.82, 2.24) is 15.5 Å². The minimum atomic E-state index is -3.55. The first-order valence-electron chi connectivity index (χ1n) is 5.37. The lowest BCUT2D eigenvalue weighted by Gasteiger charge is -2.07. The van der Waals surface area contributed by atoms with E-state index in [4.69, 9.17) is 0 Å². The number of aromatic amines is 1. The predicted molar refractivity (Wildman–Crippen MR) is 68.6 cm³/mol. The molecule has 1 aromatic heterocycles. The van der Waals surface area contributed by atoms with Crippen molar-refractivity contribution < 1.29 is 8.42 Å². The van der Waals surface area contributed by atoms with Crippen LogP contribution in [-0.2, 0) is 16.6 Å². The van der Waals surface area contributed by atoms with Gasteiger partial charge in [-0.1, -0.05) is 12.1 Å². The van der Waals surface area contributed by atoms with Gasteiger partial charge in [-0.15, -0.1) is 0 Å². The molecule has 96 valence electrons. The van der Waals surface area contributed by atoms with Gasteiger partial charge in [0, 0.05) is 18.4 Å². The first-order valence-corrected chi connectivity index (χ1v) is 6.85. The Labute approximate surface area is 105 Å². The number of benzene rings is 1. The van der Waals surface area contributed by atoms with Crippen LogP contribution in [0.15, 0.2) is 41.6 Å². The van der Waals surface area contributed by atoms with Gasteiger partial charge in [-0.2, -0.15) is 5.10 Å². The van der Waals surface area contributed by atoms with Gasteiger partial charge >= 0.3 is 0 Å². The second kappa shape index (κ2) is 5.19. The Morgan fingerprint density at radius 1 is 1.28 bits per heavy atom. The summed E-state index contributed by atoms with van der Waals surface area (Å²) >= 11 is 0. The van der Waals surface area contributed by atoms with E-state index in [0.717, 1.165) is 12.1 Å². The fourth-order valence-corrected chi connectivity index (χ4v) is 2.46. The summed E-state index contributed by atoms with van der Waals surface area (Å²) in [6.07, 6.45) is 2.59. The van der Waals surface area contributed by atoms with Gasteiger partial charge in [0.2, 0.25) is 0 Å². The number of aromatic nitrogens is 2. The molecule has 0 aliphatic heterocycles. The van der Waals surface area contributed by atoms with Gasteiger partial charge in [0.05, 0.1) is 6.20 Å². The number of hydrogen-bond acceptors (Lipinski definition) is 4. The molecule has 0 saturated heterocycles. The van der Waals surface area contributed by atoms with E-state index in [0.29, 0.717) is 5.69 Å². The molecule has 18 heavy (non-hydrogen) atoms. The average Bonchev–Trinajstić information content (AvgIpc) is 2.86. The van der Waals surface area contributed by atoms with Crippen molar-refractivity contribution in [3.8, 4) is 0 Å². The quantitative estimate of drug-likeness (QED) is 0.751. The van der Waals surface area contributed by atoms with Crippen LogP contribution in [0.1, 0.15) is 5.56 Å². The Balaban J connectivity index is 2.14. The van der Waals surface area contributed by atoms with Gasteiger partial charge in [0.25, 0.3) is 10.0 Å². The minimum Gasteiger partial charge on any atom is -0.316 e. The molecule has 0 bridgehead atoms. The summed E-state index contributed by atoms with van der Waals surface area (Å²) in [5, 5.41) is 9.11. The fraction of sp³-hybridized carbons (Fsp3) is 0.182. The van der Waals surface area contributed by atoms with E-state index < -0.39 is 10.0 Å². The summed E-state index contributed by atoms with van der Waals surface area (Å²) < 4.78 is 26.3. The lowest BCUT2D eigenvalue weighted by Crippen LogP contribution is -2.12. The Morgan fingerprint density at radius 3 is 2.56 bits per heavy atom. The molecule has 7 heteroatoms. The zero-order valence-electron chi connectivity index (χ0n) is 9.84. The van der Waals surface area contributed by atoms with Crippen LogP contribution in [-0.4, -0.2) is 25.7 Å². The number of nitrogens with one attached hydrogen (secondary N) is 3. The van der Waals surface area contributed by atoms with Crippen molar-refractivity contribution >= 4 is 15.7 Å². The summed E-state index contributed by atoms with van der Waals surface area (Å²) in [6, 6.07) is 7.18.